The van der Waals surface area contributed by atoms with Crippen molar-refractivity contribution in [3.8, 4) is 6.07 Å². The van der Waals surface area contributed by atoms with Gasteiger partial charge >= 0.3 is 0 Å². The molecule has 2 unspecified atom stereocenters. The van der Waals surface area contributed by atoms with Crippen molar-refractivity contribution in [3.05, 3.63) is 53.6 Å². The maximum absolute atomic E-state index is 11.0. The van der Waals surface area contributed by atoms with Crippen LogP contribution in [0.5, 0.6) is 0 Å². The molecule has 4 heteroatoms. The maximum atomic E-state index is 11.0. The summed E-state index contributed by atoms with van der Waals surface area (Å²) in [4.78, 5) is 4.15. The van der Waals surface area contributed by atoms with Gasteiger partial charge in [0.2, 0.25) is 0 Å². The van der Waals surface area contributed by atoms with E-state index in [2.05, 4.69) is 11.1 Å². The second kappa shape index (κ2) is 5.01. The minimum Gasteiger partial charge on any atom is -0.385 e. The average molecular weight is 281 g/mol. The summed E-state index contributed by atoms with van der Waals surface area (Å²) < 4.78 is 1.94. The summed E-state index contributed by atoms with van der Waals surface area (Å²) in [6, 6.07) is 10.5. The molecule has 0 spiro atoms. The molecule has 0 saturated carbocycles. The van der Waals surface area contributed by atoms with Gasteiger partial charge in [0.05, 0.1) is 24.3 Å². The first kappa shape index (κ1) is 13.8. The smallest absolute Gasteiger partial charge is 0.118 e. The molecular formula is C17H19N3O. The molecule has 1 aliphatic carbocycles. The van der Waals surface area contributed by atoms with Crippen molar-refractivity contribution in [2.45, 2.75) is 44.2 Å². The number of fused-ring (bicyclic) bond motifs is 1. The Labute approximate surface area is 124 Å². The Morgan fingerprint density at radius 3 is 2.86 bits per heavy atom. The van der Waals surface area contributed by atoms with Crippen molar-refractivity contribution in [2.75, 3.05) is 0 Å². The van der Waals surface area contributed by atoms with E-state index < -0.39 is 11.5 Å². The number of benzene rings is 1. The third-order valence-electron chi connectivity index (χ3n) is 4.49. The van der Waals surface area contributed by atoms with Crippen molar-refractivity contribution in [3.63, 3.8) is 0 Å². The van der Waals surface area contributed by atoms with Crippen LogP contribution in [0, 0.1) is 11.3 Å². The Morgan fingerprint density at radius 2 is 2.14 bits per heavy atom. The number of nitrogens with zero attached hydrogens (tertiary/aromatic N) is 3. The molecule has 108 valence electrons. The fourth-order valence-electron chi connectivity index (χ4n) is 3.31. The van der Waals surface area contributed by atoms with Crippen LogP contribution in [0.4, 0.5) is 0 Å². The lowest BCUT2D eigenvalue weighted by atomic mass is 9.77. The molecule has 0 aliphatic heterocycles. The quantitative estimate of drug-likeness (QED) is 0.941. The minimum atomic E-state index is -0.872. The Morgan fingerprint density at radius 1 is 1.38 bits per heavy atom. The molecule has 21 heavy (non-hydrogen) atoms. The summed E-state index contributed by atoms with van der Waals surface area (Å²) in [6.07, 6.45) is 4.00. The Balaban J connectivity index is 2.10. The number of hydrogen-bond acceptors (Lipinski definition) is 3. The number of aromatic nitrogens is 2. The second-order valence-corrected chi connectivity index (χ2v) is 5.96. The highest BCUT2D eigenvalue weighted by molar-refractivity contribution is 5.46. The summed E-state index contributed by atoms with van der Waals surface area (Å²) in [5.41, 5.74) is 1.96. The number of imidazole rings is 1. The normalized spacial score (nSPS) is 22.0. The summed E-state index contributed by atoms with van der Waals surface area (Å²) in [5.74, 6) is 0. The van der Waals surface area contributed by atoms with Crippen molar-refractivity contribution in [1.82, 2.24) is 9.55 Å². The van der Waals surface area contributed by atoms with Gasteiger partial charge in [0.25, 0.3) is 0 Å². The highest BCUT2D eigenvalue weighted by Gasteiger charge is 2.46. The fraction of sp³-hybridized carbons (Fsp3) is 0.412. The summed E-state index contributed by atoms with van der Waals surface area (Å²) in [6.45, 7) is 4.08. The molecule has 0 fully saturated rings. The van der Waals surface area contributed by atoms with E-state index in [9.17, 15) is 10.4 Å². The summed E-state index contributed by atoms with van der Waals surface area (Å²) in [7, 11) is 0. The van der Waals surface area contributed by atoms with E-state index >= 15 is 0 Å². The van der Waals surface area contributed by atoms with E-state index in [1.807, 2.05) is 42.7 Å². The molecule has 0 radical (unpaired) electrons. The van der Waals surface area contributed by atoms with Crippen molar-refractivity contribution in [2.24, 2.45) is 0 Å². The van der Waals surface area contributed by atoms with Crippen molar-refractivity contribution < 1.29 is 5.11 Å². The summed E-state index contributed by atoms with van der Waals surface area (Å²) in [5, 5.41) is 20.8. The van der Waals surface area contributed by atoms with Crippen LogP contribution >= 0.6 is 0 Å². The lowest BCUT2D eigenvalue weighted by Gasteiger charge is -2.29. The van der Waals surface area contributed by atoms with Crippen LogP contribution in [0.1, 0.15) is 49.2 Å². The number of aryl methyl sites for hydroxylation is 1. The van der Waals surface area contributed by atoms with E-state index in [1.54, 1.807) is 12.5 Å². The van der Waals surface area contributed by atoms with Gasteiger partial charge in [0.1, 0.15) is 11.5 Å². The number of nitriles is 1. The molecule has 1 aliphatic rings. The third kappa shape index (κ3) is 1.97. The summed E-state index contributed by atoms with van der Waals surface area (Å²) >= 11 is 0. The molecule has 4 nitrogen and oxygen atoms in total. The predicted octanol–water partition coefficient (Wildman–Crippen LogP) is 2.91. The molecule has 1 N–H and O–H groups in total. The fourth-order valence-corrected chi connectivity index (χ4v) is 3.31. The highest BCUT2D eigenvalue weighted by Crippen LogP contribution is 2.47. The molecule has 3 rings (SSSR count). The van der Waals surface area contributed by atoms with Gasteiger partial charge in [-0.05, 0) is 37.8 Å². The van der Waals surface area contributed by atoms with Crippen LogP contribution < -0.4 is 0 Å². The third-order valence-corrected chi connectivity index (χ3v) is 4.49. The predicted molar refractivity (Wildman–Crippen MR) is 79.6 cm³/mol. The molecule has 2 aromatic rings. The van der Waals surface area contributed by atoms with Crippen LogP contribution in [0.3, 0.4) is 0 Å². The Kier molecular flexibility index (Phi) is 3.30. The van der Waals surface area contributed by atoms with E-state index in [4.69, 9.17) is 0 Å². The molecule has 0 amide bonds. The molecule has 1 aromatic carbocycles. The SMILES string of the molecule is CC(C)n1cncc1C(O)C1(C#N)CCc2ccccc21. The molecule has 0 saturated heterocycles. The first-order valence-corrected chi connectivity index (χ1v) is 7.29. The van der Waals surface area contributed by atoms with Gasteiger partial charge in [-0.15, -0.1) is 0 Å². The van der Waals surface area contributed by atoms with Gasteiger partial charge in [-0.3, -0.25) is 0 Å². The van der Waals surface area contributed by atoms with Crippen LogP contribution in [0.15, 0.2) is 36.8 Å². The van der Waals surface area contributed by atoms with Crippen molar-refractivity contribution in [1.29, 1.82) is 5.26 Å². The lowest BCUT2D eigenvalue weighted by molar-refractivity contribution is 0.101. The Bertz CT molecular complexity index is 698. The highest BCUT2D eigenvalue weighted by atomic mass is 16.3. The first-order chi connectivity index (χ1) is 10.1. The van der Waals surface area contributed by atoms with Crippen LogP contribution in [-0.2, 0) is 11.8 Å². The largest absolute Gasteiger partial charge is 0.385 e. The molecule has 2 atom stereocenters. The van der Waals surface area contributed by atoms with Gasteiger partial charge in [-0.1, -0.05) is 24.3 Å². The number of hydrogen-bond donors (Lipinski definition) is 1. The zero-order valence-corrected chi connectivity index (χ0v) is 12.3. The van der Waals surface area contributed by atoms with Crippen LogP contribution in [0.25, 0.3) is 0 Å². The average Bonchev–Trinajstić information content (AvgIpc) is 3.12. The molecule has 1 heterocycles. The maximum Gasteiger partial charge on any atom is 0.118 e. The molecule has 1 aromatic heterocycles. The molecular weight excluding hydrogens is 262 g/mol. The molecule has 0 bridgehead atoms. The number of aliphatic hydroxyl groups is 1. The second-order valence-electron chi connectivity index (χ2n) is 5.96. The number of aliphatic hydroxyl groups excluding tert-OH is 1. The zero-order valence-electron chi connectivity index (χ0n) is 12.3. The van der Waals surface area contributed by atoms with Crippen molar-refractivity contribution >= 4 is 0 Å². The minimum absolute atomic E-state index is 0.199. The lowest BCUT2D eigenvalue weighted by Crippen LogP contribution is -2.31. The van der Waals surface area contributed by atoms with Crippen LogP contribution in [0.2, 0.25) is 0 Å². The van der Waals surface area contributed by atoms with E-state index in [1.165, 1.54) is 0 Å². The van der Waals surface area contributed by atoms with Crippen LogP contribution in [-0.4, -0.2) is 14.7 Å². The van der Waals surface area contributed by atoms with E-state index in [0.717, 1.165) is 17.5 Å². The number of rotatable bonds is 3. The topological polar surface area (TPSA) is 61.8 Å². The monoisotopic (exact) mass is 281 g/mol. The van der Waals surface area contributed by atoms with Gasteiger partial charge in [0, 0.05) is 6.04 Å². The first-order valence-electron chi connectivity index (χ1n) is 7.29. The standard InChI is InChI=1S/C17H19N3O/c1-12(2)20-11-19-9-15(20)16(21)17(10-18)8-7-13-5-3-4-6-14(13)17/h3-6,9,11-12,16,21H,7-8H2,1-2H3. The van der Waals surface area contributed by atoms with Gasteiger partial charge in [-0.2, -0.15) is 5.26 Å². The Hall–Kier alpha value is -2.12. The van der Waals surface area contributed by atoms with Gasteiger partial charge < -0.3 is 9.67 Å². The van der Waals surface area contributed by atoms with Gasteiger partial charge in [-0.25, -0.2) is 4.98 Å². The zero-order chi connectivity index (χ0) is 15.0. The van der Waals surface area contributed by atoms with E-state index in [0.29, 0.717) is 12.1 Å². The van der Waals surface area contributed by atoms with E-state index in [-0.39, 0.29) is 6.04 Å². The van der Waals surface area contributed by atoms with Gasteiger partial charge in [0.15, 0.2) is 0 Å².